The molecule has 0 atom stereocenters. The van der Waals surface area contributed by atoms with E-state index >= 15 is 0 Å². The zero-order valence-electron chi connectivity index (χ0n) is 12.6. The third kappa shape index (κ3) is 9.24. The Hall–Kier alpha value is -0.810. The molecular formula is C13H30N4O. The first-order valence-corrected chi connectivity index (χ1v) is 6.84. The van der Waals surface area contributed by atoms with Gasteiger partial charge in [-0.25, -0.2) is 0 Å². The quantitative estimate of drug-likeness (QED) is 0.367. The lowest BCUT2D eigenvalue weighted by molar-refractivity contribution is 0.145. The van der Waals surface area contributed by atoms with Crippen LogP contribution in [0.15, 0.2) is 4.99 Å². The van der Waals surface area contributed by atoms with Gasteiger partial charge in [0.05, 0.1) is 0 Å². The fourth-order valence-electron chi connectivity index (χ4n) is 1.35. The van der Waals surface area contributed by atoms with Crippen molar-refractivity contribution in [2.45, 2.75) is 33.2 Å². The van der Waals surface area contributed by atoms with Crippen LogP contribution in [-0.4, -0.2) is 63.8 Å². The number of hydrogen-bond acceptors (Lipinski definition) is 3. The highest BCUT2D eigenvalue weighted by molar-refractivity contribution is 5.79. The molecule has 18 heavy (non-hydrogen) atoms. The molecule has 0 saturated carbocycles. The first kappa shape index (κ1) is 17.2. The third-order valence-electron chi connectivity index (χ3n) is 2.82. The summed E-state index contributed by atoms with van der Waals surface area (Å²) in [6.07, 6.45) is 1.00. The van der Waals surface area contributed by atoms with E-state index in [1.165, 1.54) is 0 Å². The molecular weight excluding hydrogens is 228 g/mol. The maximum Gasteiger partial charge on any atom is 0.191 e. The van der Waals surface area contributed by atoms with Crippen molar-refractivity contribution in [2.75, 3.05) is 46.9 Å². The van der Waals surface area contributed by atoms with E-state index in [0.717, 1.165) is 45.2 Å². The molecule has 0 aliphatic heterocycles. The number of rotatable bonds is 9. The average molecular weight is 258 g/mol. The largest absolute Gasteiger partial charge is 0.382 e. The van der Waals surface area contributed by atoms with Gasteiger partial charge in [0.1, 0.15) is 0 Å². The Labute approximate surface area is 112 Å². The van der Waals surface area contributed by atoms with Gasteiger partial charge in [0.15, 0.2) is 5.96 Å². The van der Waals surface area contributed by atoms with Crippen LogP contribution in [0.2, 0.25) is 0 Å². The predicted octanol–water partition coefficient (Wildman–Crippen LogP) is 0.918. The smallest absolute Gasteiger partial charge is 0.191 e. The Kier molecular flexibility index (Phi) is 10.8. The maximum absolute atomic E-state index is 5.28. The molecule has 0 bridgehead atoms. The molecule has 5 heteroatoms. The van der Waals surface area contributed by atoms with Crippen LogP contribution in [0.1, 0.15) is 27.2 Å². The Morgan fingerprint density at radius 2 is 1.94 bits per heavy atom. The summed E-state index contributed by atoms with van der Waals surface area (Å²) >= 11 is 0. The molecule has 0 aliphatic carbocycles. The second-order valence-corrected chi connectivity index (χ2v) is 4.55. The molecule has 5 nitrogen and oxygen atoms in total. The van der Waals surface area contributed by atoms with Crippen molar-refractivity contribution in [3.63, 3.8) is 0 Å². The SMILES string of the molecule is CCOCCCNC(=NC)NCCN(C)C(C)C. The molecule has 0 radical (unpaired) electrons. The van der Waals surface area contributed by atoms with Gasteiger partial charge in [0, 0.05) is 45.9 Å². The van der Waals surface area contributed by atoms with Crippen LogP contribution in [0.5, 0.6) is 0 Å². The van der Waals surface area contributed by atoms with Gasteiger partial charge in [-0.05, 0) is 34.2 Å². The van der Waals surface area contributed by atoms with Crippen LogP contribution in [0, 0.1) is 0 Å². The third-order valence-corrected chi connectivity index (χ3v) is 2.82. The van der Waals surface area contributed by atoms with Gasteiger partial charge in [-0.1, -0.05) is 0 Å². The van der Waals surface area contributed by atoms with E-state index in [0.29, 0.717) is 6.04 Å². The molecule has 108 valence electrons. The number of ether oxygens (including phenoxy) is 1. The molecule has 0 rings (SSSR count). The standard InChI is InChI=1S/C13H30N4O/c1-6-18-11-7-8-15-13(14-4)16-9-10-17(5)12(2)3/h12H,6-11H2,1-5H3,(H2,14,15,16). The van der Waals surface area contributed by atoms with Crippen LogP contribution >= 0.6 is 0 Å². The summed E-state index contributed by atoms with van der Waals surface area (Å²) in [6.45, 7) is 10.8. The molecule has 2 N–H and O–H groups in total. The van der Waals surface area contributed by atoms with Crippen LogP contribution in [-0.2, 0) is 4.74 Å². The van der Waals surface area contributed by atoms with E-state index in [1.807, 2.05) is 6.92 Å². The highest BCUT2D eigenvalue weighted by Gasteiger charge is 2.02. The molecule has 0 aromatic carbocycles. The number of nitrogens with one attached hydrogen (secondary N) is 2. The van der Waals surface area contributed by atoms with Gasteiger partial charge in [-0.2, -0.15) is 0 Å². The van der Waals surface area contributed by atoms with E-state index in [4.69, 9.17) is 4.74 Å². The lowest BCUT2D eigenvalue weighted by Gasteiger charge is -2.21. The van der Waals surface area contributed by atoms with Gasteiger partial charge in [0.2, 0.25) is 0 Å². The van der Waals surface area contributed by atoms with Crippen molar-refractivity contribution in [1.82, 2.24) is 15.5 Å². The minimum absolute atomic E-state index is 0.577. The summed E-state index contributed by atoms with van der Waals surface area (Å²) in [4.78, 5) is 6.48. The van der Waals surface area contributed by atoms with E-state index in [2.05, 4.69) is 41.4 Å². The van der Waals surface area contributed by atoms with Crippen molar-refractivity contribution in [3.05, 3.63) is 0 Å². The molecule has 0 saturated heterocycles. The summed E-state index contributed by atoms with van der Waals surface area (Å²) in [5, 5.41) is 6.57. The van der Waals surface area contributed by atoms with Crippen molar-refractivity contribution in [3.8, 4) is 0 Å². The summed E-state index contributed by atoms with van der Waals surface area (Å²) < 4.78 is 5.28. The Morgan fingerprint density at radius 1 is 1.28 bits per heavy atom. The van der Waals surface area contributed by atoms with Crippen molar-refractivity contribution < 1.29 is 4.74 Å². The number of likely N-dealkylation sites (N-methyl/N-ethyl adjacent to an activating group) is 1. The molecule has 0 aliphatic rings. The van der Waals surface area contributed by atoms with E-state index < -0.39 is 0 Å². The predicted molar refractivity (Wildman–Crippen MR) is 78.2 cm³/mol. The van der Waals surface area contributed by atoms with E-state index in [9.17, 15) is 0 Å². The highest BCUT2D eigenvalue weighted by atomic mass is 16.5. The number of guanidine groups is 1. The fraction of sp³-hybridized carbons (Fsp3) is 0.923. The van der Waals surface area contributed by atoms with Gasteiger partial charge >= 0.3 is 0 Å². The summed E-state index contributed by atoms with van der Waals surface area (Å²) in [5.74, 6) is 0.864. The van der Waals surface area contributed by atoms with Crippen molar-refractivity contribution in [2.24, 2.45) is 4.99 Å². The van der Waals surface area contributed by atoms with Gasteiger partial charge in [-0.3, -0.25) is 4.99 Å². The molecule has 0 fully saturated rings. The van der Waals surface area contributed by atoms with Crippen LogP contribution in [0.4, 0.5) is 0 Å². The number of hydrogen-bond donors (Lipinski definition) is 2. The number of aliphatic imine (C=N–C) groups is 1. The molecule has 0 aromatic heterocycles. The van der Waals surface area contributed by atoms with Crippen LogP contribution in [0.3, 0.4) is 0 Å². The molecule has 0 spiro atoms. The Balaban J connectivity index is 3.59. The molecule has 0 aromatic rings. The molecule has 0 amide bonds. The van der Waals surface area contributed by atoms with E-state index in [1.54, 1.807) is 7.05 Å². The van der Waals surface area contributed by atoms with Gasteiger partial charge in [-0.15, -0.1) is 0 Å². The lowest BCUT2D eigenvalue weighted by atomic mass is 10.3. The van der Waals surface area contributed by atoms with Gasteiger partial charge in [0.25, 0.3) is 0 Å². The zero-order valence-corrected chi connectivity index (χ0v) is 12.6. The van der Waals surface area contributed by atoms with Crippen LogP contribution in [0.25, 0.3) is 0 Å². The Bertz CT molecular complexity index is 219. The molecule has 0 unspecified atom stereocenters. The minimum Gasteiger partial charge on any atom is -0.382 e. The average Bonchev–Trinajstić information content (AvgIpc) is 2.36. The lowest BCUT2D eigenvalue weighted by Crippen LogP contribution is -2.42. The Morgan fingerprint density at radius 3 is 2.50 bits per heavy atom. The highest BCUT2D eigenvalue weighted by Crippen LogP contribution is 1.90. The summed E-state index contributed by atoms with van der Waals surface area (Å²) in [5.41, 5.74) is 0. The summed E-state index contributed by atoms with van der Waals surface area (Å²) in [7, 11) is 3.93. The summed E-state index contributed by atoms with van der Waals surface area (Å²) in [6, 6.07) is 0.577. The van der Waals surface area contributed by atoms with Crippen LogP contribution < -0.4 is 10.6 Å². The second kappa shape index (κ2) is 11.3. The minimum atomic E-state index is 0.577. The monoisotopic (exact) mass is 258 g/mol. The number of nitrogens with zero attached hydrogens (tertiary/aromatic N) is 2. The normalized spacial score (nSPS) is 12.3. The van der Waals surface area contributed by atoms with Gasteiger partial charge < -0.3 is 20.3 Å². The van der Waals surface area contributed by atoms with Crippen molar-refractivity contribution >= 4 is 5.96 Å². The maximum atomic E-state index is 5.28. The topological polar surface area (TPSA) is 48.9 Å². The first-order chi connectivity index (χ1) is 8.61. The second-order valence-electron chi connectivity index (χ2n) is 4.55. The van der Waals surface area contributed by atoms with Crippen molar-refractivity contribution in [1.29, 1.82) is 0 Å². The van der Waals surface area contributed by atoms with E-state index in [-0.39, 0.29) is 0 Å². The molecule has 0 heterocycles. The first-order valence-electron chi connectivity index (χ1n) is 6.84. The zero-order chi connectivity index (χ0) is 13.8. The fourth-order valence-corrected chi connectivity index (χ4v) is 1.35.